The molecule has 4 rings (SSSR count). The first-order chi connectivity index (χ1) is 16.5. The lowest BCUT2D eigenvalue weighted by atomic mass is 10.1. The molecule has 2 aromatic heterocycles. The fourth-order valence-corrected chi connectivity index (χ4v) is 4.40. The van der Waals surface area contributed by atoms with Crippen LogP contribution < -0.4 is 5.32 Å². The number of sulfone groups is 1. The van der Waals surface area contributed by atoms with Gasteiger partial charge >= 0.3 is 5.51 Å². The second-order valence-electron chi connectivity index (χ2n) is 7.59. The van der Waals surface area contributed by atoms with E-state index >= 15 is 0 Å². The Morgan fingerprint density at radius 1 is 1.09 bits per heavy atom. The van der Waals surface area contributed by atoms with E-state index in [4.69, 9.17) is 5.26 Å². The van der Waals surface area contributed by atoms with Crippen LogP contribution in [-0.2, 0) is 16.3 Å². The molecular weight excluding hydrogens is 481 g/mol. The average molecular weight is 498 g/mol. The normalized spacial score (nSPS) is 11.9. The smallest absolute Gasteiger partial charge is 0.322 e. The van der Waals surface area contributed by atoms with Crippen molar-refractivity contribution in [1.82, 2.24) is 9.61 Å². The van der Waals surface area contributed by atoms with Gasteiger partial charge in [0, 0.05) is 17.4 Å². The summed E-state index contributed by atoms with van der Waals surface area (Å²) < 4.78 is 64.9. The number of rotatable bonds is 5. The van der Waals surface area contributed by atoms with Crippen LogP contribution in [0.5, 0.6) is 0 Å². The van der Waals surface area contributed by atoms with E-state index in [1.165, 1.54) is 11.6 Å². The van der Waals surface area contributed by atoms with Crippen molar-refractivity contribution in [3.05, 3.63) is 83.6 Å². The lowest BCUT2D eigenvalue weighted by Gasteiger charge is -2.13. The Bertz CT molecular complexity index is 1590. The Balaban J connectivity index is 1.68. The molecule has 0 saturated carbocycles. The number of benzene rings is 2. The molecule has 1 amide bonds. The minimum atomic E-state index is -5.82. The van der Waals surface area contributed by atoms with Crippen molar-refractivity contribution in [3.8, 4) is 17.3 Å². The predicted molar refractivity (Wildman–Crippen MR) is 122 cm³/mol. The molecule has 0 saturated heterocycles. The summed E-state index contributed by atoms with van der Waals surface area (Å²) in [7, 11) is -5.82. The molecule has 1 N–H and O–H groups in total. The third-order valence-electron chi connectivity index (χ3n) is 5.33. The highest BCUT2D eigenvalue weighted by molar-refractivity contribution is 7.92. The van der Waals surface area contributed by atoms with E-state index in [9.17, 15) is 26.4 Å². The Kier molecular flexibility index (Phi) is 6.08. The zero-order valence-electron chi connectivity index (χ0n) is 18.2. The molecule has 2 aromatic carbocycles. The van der Waals surface area contributed by atoms with Gasteiger partial charge in [0.15, 0.2) is 0 Å². The van der Waals surface area contributed by atoms with Gasteiger partial charge in [-0.25, -0.2) is 12.9 Å². The van der Waals surface area contributed by atoms with Gasteiger partial charge in [0.25, 0.3) is 15.7 Å². The molecule has 0 unspecified atom stereocenters. The van der Waals surface area contributed by atoms with Crippen LogP contribution in [-0.4, -0.2) is 29.4 Å². The van der Waals surface area contributed by atoms with Gasteiger partial charge in [0.2, 0.25) is 0 Å². The van der Waals surface area contributed by atoms with Gasteiger partial charge in [0.1, 0.15) is 0 Å². The highest BCUT2D eigenvalue weighted by Crippen LogP contribution is 2.33. The van der Waals surface area contributed by atoms with Crippen LogP contribution >= 0.6 is 0 Å². The number of aryl methyl sites for hydroxylation is 1. The molecule has 11 heteroatoms. The monoisotopic (exact) mass is 498 g/mol. The summed E-state index contributed by atoms with van der Waals surface area (Å²) in [5.41, 5.74) is -3.04. The van der Waals surface area contributed by atoms with Gasteiger partial charge in [0.05, 0.1) is 33.3 Å². The van der Waals surface area contributed by atoms with Crippen molar-refractivity contribution in [2.75, 3.05) is 5.32 Å². The fraction of sp³-hybridized carbons (Fsp3) is 0.125. The molecule has 0 bridgehead atoms. The summed E-state index contributed by atoms with van der Waals surface area (Å²) in [4.78, 5) is 11.6. The average Bonchev–Trinajstić information content (AvgIpc) is 3.26. The Morgan fingerprint density at radius 2 is 1.80 bits per heavy atom. The first-order valence-electron chi connectivity index (χ1n) is 10.3. The van der Waals surface area contributed by atoms with Crippen LogP contribution in [0, 0.1) is 11.3 Å². The summed E-state index contributed by atoms with van der Waals surface area (Å²) in [6.45, 7) is 2.05. The van der Waals surface area contributed by atoms with Crippen molar-refractivity contribution < 1.29 is 26.4 Å². The largest absolute Gasteiger partial charge is 0.501 e. The van der Waals surface area contributed by atoms with Gasteiger partial charge in [-0.15, -0.1) is 0 Å². The van der Waals surface area contributed by atoms with Crippen LogP contribution in [0.4, 0.5) is 18.9 Å². The second-order valence-corrected chi connectivity index (χ2v) is 9.50. The van der Waals surface area contributed by atoms with E-state index in [-0.39, 0.29) is 11.3 Å². The second kappa shape index (κ2) is 8.88. The SMILES string of the molecule is CCc1ccc(-c2cc3cc(NC(=O)c4cc(C#N)ccc4S(=O)(=O)C(F)(F)F)ccn3n2)cc1. The number of halogens is 3. The molecule has 0 radical (unpaired) electrons. The number of hydrogen-bond acceptors (Lipinski definition) is 5. The minimum Gasteiger partial charge on any atom is -0.322 e. The van der Waals surface area contributed by atoms with E-state index in [2.05, 4.69) is 10.4 Å². The van der Waals surface area contributed by atoms with E-state index in [0.29, 0.717) is 17.3 Å². The summed E-state index contributed by atoms with van der Waals surface area (Å²) in [6, 6.07) is 16.6. The summed E-state index contributed by atoms with van der Waals surface area (Å²) in [5, 5.41) is 16.0. The van der Waals surface area contributed by atoms with Crippen molar-refractivity contribution in [2.45, 2.75) is 23.7 Å². The number of fused-ring (bicyclic) bond motifs is 1. The maximum Gasteiger partial charge on any atom is 0.501 e. The molecular formula is C24H17F3N4O3S. The van der Waals surface area contributed by atoms with E-state index < -0.39 is 31.7 Å². The number of hydrogen-bond donors (Lipinski definition) is 1. The topological polar surface area (TPSA) is 104 Å². The highest BCUT2D eigenvalue weighted by Gasteiger charge is 2.48. The number of carbonyl (C=O) groups excluding carboxylic acids is 1. The molecule has 35 heavy (non-hydrogen) atoms. The fourth-order valence-electron chi connectivity index (χ4n) is 3.46. The first kappa shape index (κ1) is 24.0. The number of nitriles is 1. The Morgan fingerprint density at radius 3 is 2.43 bits per heavy atom. The van der Waals surface area contributed by atoms with Crippen molar-refractivity contribution in [2.24, 2.45) is 0 Å². The molecule has 0 aliphatic rings. The van der Waals surface area contributed by atoms with Crippen LogP contribution in [0.2, 0.25) is 0 Å². The quantitative estimate of drug-likeness (QED) is 0.418. The number of alkyl halides is 3. The van der Waals surface area contributed by atoms with Crippen molar-refractivity contribution in [1.29, 1.82) is 5.26 Å². The standard InChI is InChI=1S/C24H17F3N4O3S/c1-2-15-3-6-17(7-4-15)21-13-19-12-18(9-10-31(19)30-21)29-23(32)20-11-16(14-28)5-8-22(20)35(33,34)24(25,26)27/h3-13H,2H2,1H3,(H,29,32). The maximum atomic E-state index is 13.1. The molecule has 0 aliphatic heterocycles. The maximum absolute atomic E-state index is 13.1. The molecule has 0 spiro atoms. The number of carbonyl (C=O) groups is 1. The first-order valence-corrected chi connectivity index (χ1v) is 11.8. The number of amides is 1. The summed E-state index contributed by atoms with van der Waals surface area (Å²) in [6.07, 6.45) is 2.45. The van der Waals surface area contributed by atoms with E-state index in [1.807, 2.05) is 31.2 Å². The lowest BCUT2D eigenvalue weighted by molar-refractivity contribution is -0.0436. The third-order valence-corrected chi connectivity index (χ3v) is 6.87. The van der Waals surface area contributed by atoms with Crippen LogP contribution in [0.15, 0.2) is 71.8 Å². The number of anilines is 1. The molecule has 178 valence electrons. The van der Waals surface area contributed by atoms with E-state index in [1.54, 1.807) is 28.9 Å². The number of aromatic nitrogens is 2. The van der Waals surface area contributed by atoms with Gasteiger partial charge in [-0.3, -0.25) is 4.79 Å². The van der Waals surface area contributed by atoms with Gasteiger partial charge in [-0.1, -0.05) is 31.2 Å². The molecule has 0 atom stereocenters. The van der Waals surface area contributed by atoms with Crippen LogP contribution in [0.1, 0.15) is 28.4 Å². The van der Waals surface area contributed by atoms with E-state index in [0.717, 1.165) is 24.1 Å². The Hall–Kier alpha value is -4.17. The van der Waals surface area contributed by atoms with Gasteiger partial charge in [-0.2, -0.15) is 23.5 Å². The third kappa shape index (κ3) is 4.61. The molecule has 0 fully saturated rings. The van der Waals surface area contributed by atoms with Crippen molar-refractivity contribution >= 4 is 26.9 Å². The van der Waals surface area contributed by atoms with Gasteiger partial charge in [-0.05, 0) is 48.4 Å². The van der Waals surface area contributed by atoms with Gasteiger partial charge < -0.3 is 5.32 Å². The van der Waals surface area contributed by atoms with Crippen LogP contribution in [0.25, 0.3) is 16.8 Å². The molecule has 2 heterocycles. The molecule has 7 nitrogen and oxygen atoms in total. The molecule has 0 aliphatic carbocycles. The minimum absolute atomic E-state index is 0.166. The number of nitrogens with zero attached hydrogens (tertiary/aromatic N) is 3. The predicted octanol–water partition coefficient (Wildman–Crippen LogP) is 4.98. The highest BCUT2D eigenvalue weighted by atomic mass is 32.2. The number of pyridine rings is 1. The summed E-state index contributed by atoms with van der Waals surface area (Å²) >= 11 is 0. The Labute approximate surface area is 198 Å². The summed E-state index contributed by atoms with van der Waals surface area (Å²) in [5.74, 6) is -1.11. The lowest BCUT2D eigenvalue weighted by Crippen LogP contribution is -2.26. The van der Waals surface area contributed by atoms with Crippen LogP contribution in [0.3, 0.4) is 0 Å². The molecule has 4 aromatic rings. The number of nitrogens with one attached hydrogen (secondary N) is 1. The van der Waals surface area contributed by atoms with Crippen molar-refractivity contribution in [3.63, 3.8) is 0 Å². The zero-order valence-corrected chi connectivity index (χ0v) is 19.0. The zero-order chi connectivity index (χ0) is 25.4.